The first-order chi connectivity index (χ1) is 10.0. The largest absolute Gasteiger partial charge is 0.399 e. The zero-order valence-corrected chi connectivity index (χ0v) is 12.7. The quantitative estimate of drug-likeness (QED) is 0.723. The second-order valence-electron chi connectivity index (χ2n) is 4.64. The molecule has 106 valence electrons. The van der Waals surface area contributed by atoms with Crippen LogP contribution in [0, 0.1) is 12.7 Å². The van der Waals surface area contributed by atoms with E-state index in [1.807, 2.05) is 25.1 Å². The molecule has 0 atom stereocenters. The number of hydrogen-bond donors (Lipinski definition) is 1. The van der Waals surface area contributed by atoms with Crippen molar-refractivity contribution in [1.29, 1.82) is 0 Å². The number of rotatable bonds is 2. The fraction of sp³-hybridized carbons (Fsp3) is 0.0714. The monoisotopic (exact) mass is 347 g/mol. The van der Waals surface area contributed by atoms with Gasteiger partial charge in [0.25, 0.3) is 0 Å². The molecule has 0 aliphatic rings. The Labute approximate surface area is 128 Å². The first kappa shape index (κ1) is 13.7. The van der Waals surface area contributed by atoms with Crippen LogP contribution in [0.3, 0.4) is 0 Å². The summed E-state index contributed by atoms with van der Waals surface area (Å²) in [6.07, 6.45) is 0. The standard InChI is InChI=1S/C14H11BrFN5/c1-8-2-3-12(15)13(4-8)21-14(18-19-20-21)9-5-10(16)7-11(17)6-9/h2-7H,17H2,1H3. The molecular formula is C14H11BrFN5. The summed E-state index contributed by atoms with van der Waals surface area (Å²) in [4.78, 5) is 0. The van der Waals surface area contributed by atoms with Gasteiger partial charge in [0.05, 0.1) is 5.69 Å². The van der Waals surface area contributed by atoms with Crippen molar-refractivity contribution in [3.8, 4) is 17.1 Å². The summed E-state index contributed by atoms with van der Waals surface area (Å²) in [5.74, 6) is -0.00430. The lowest BCUT2D eigenvalue weighted by molar-refractivity contribution is 0.628. The highest BCUT2D eigenvalue weighted by Crippen LogP contribution is 2.27. The topological polar surface area (TPSA) is 69.6 Å². The Balaban J connectivity index is 2.19. The van der Waals surface area contributed by atoms with Gasteiger partial charge in [-0.2, -0.15) is 4.68 Å². The Morgan fingerprint density at radius 1 is 1.19 bits per heavy atom. The minimum absolute atomic E-state index is 0.322. The molecule has 0 fully saturated rings. The number of hydrogen-bond acceptors (Lipinski definition) is 4. The SMILES string of the molecule is Cc1ccc(Br)c(-n2nnnc2-c2cc(N)cc(F)c2)c1. The van der Waals surface area contributed by atoms with Gasteiger partial charge in [0.15, 0.2) is 5.82 Å². The van der Waals surface area contributed by atoms with Gasteiger partial charge < -0.3 is 5.73 Å². The van der Waals surface area contributed by atoms with Crippen LogP contribution in [0.2, 0.25) is 0 Å². The molecular weight excluding hydrogens is 337 g/mol. The van der Waals surface area contributed by atoms with Crippen molar-refractivity contribution in [2.24, 2.45) is 0 Å². The lowest BCUT2D eigenvalue weighted by Gasteiger charge is -2.08. The van der Waals surface area contributed by atoms with Crippen LogP contribution in [0.25, 0.3) is 17.1 Å². The second kappa shape index (κ2) is 5.25. The maximum Gasteiger partial charge on any atom is 0.187 e. The van der Waals surface area contributed by atoms with Gasteiger partial charge in [-0.05, 0) is 69.2 Å². The zero-order chi connectivity index (χ0) is 15.0. The number of benzene rings is 2. The van der Waals surface area contributed by atoms with E-state index in [-0.39, 0.29) is 0 Å². The Bertz CT molecular complexity index is 795. The van der Waals surface area contributed by atoms with Crippen LogP contribution in [0.15, 0.2) is 40.9 Å². The zero-order valence-electron chi connectivity index (χ0n) is 11.1. The Hall–Kier alpha value is -2.28. The van der Waals surface area contributed by atoms with Crippen molar-refractivity contribution >= 4 is 21.6 Å². The fourth-order valence-corrected chi connectivity index (χ4v) is 2.47. The summed E-state index contributed by atoms with van der Waals surface area (Å²) < 4.78 is 15.9. The molecule has 0 bridgehead atoms. The number of tetrazole rings is 1. The highest BCUT2D eigenvalue weighted by Gasteiger charge is 2.14. The van der Waals surface area contributed by atoms with E-state index >= 15 is 0 Å². The average Bonchev–Trinajstić information content (AvgIpc) is 2.89. The van der Waals surface area contributed by atoms with E-state index in [1.165, 1.54) is 12.1 Å². The van der Waals surface area contributed by atoms with E-state index in [4.69, 9.17) is 5.73 Å². The van der Waals surface area contributed by atoms with Gasteiger partial charge in [-0.25, -0.2) is 4.39 Å². The molecule has 2 N–H and O–H groups in total. The van der Waals surface area contributed by atoms with Crippen LogP contribution in [-0.4, -0.2) is 20.2 Å². The third kappa shape index (κ3) is 2.64. The Morgan fingerprint density at radius 3 is 2.76 bits per heavy atom. The van der Waals surface area contributed by atoms with Crippen LogP contribution >= 0.6 is 15.9 Å². The maximum absolute atomic E-state index is 13.5. The highest BCUT2D eigenvalue weighted by atomic mass is 79.9. The maximum atomic E-state index is 13.5. The number of nitrogens with two attached hydrogens (primary N) is 1. The number of nitrogen functional groups attached to an aromatic ring is 1. The van der Waals surface area contributed by atoms with Gasteiger partial charge in [0.1, 0.15) is 5.82 Å². The molecule has 3 rings (SSSR count). The summed E-state index contributed by atoms with van der Waals surface area (Å²) in [7, 11) is 0. The van der Waals surface area contributed by atoms with Gasteiger partial charge in [-0.1, -0.05) is 6.07 Å². The van der Waals surface area contributed by atoms with Gasteiger partial charge >= 0.3 is 0 Å². The fourth-order valence-electron chi connectivity index (χ4n) is 2.06. The van der Waals surface area contributed by atoms with Crippen LogP contribution in [0.1, 0.15) is 5.56 Å². The summed E-state index contributed by atoms with van der Waals surface area (Å²) >= 11 is 3.47. The summed E-state index contributed by atoms with van der Waals surface area (Å²) in [6, 6.07) is 10.1. The van der Waals surface area contributed by atoms with Crippen molar-refractivity contribution in [3.05, 3.63) is 52.3 Å². The summed E-state index contributed by atoms with van der Waals surface area (Å²) in [5, 5.41) is 11.6. The Morgan fingerprint density at radius 2 is 2.00 bits per heavy atom. The van der Waals surface area contributed by atoms with Crippen molar-refractivity contribution < 1.29 is 4.39 Å². The first-order valence-electron chi connectivity index (χ1n) is 6.16. The van der Waals surface area contributed by atoms with E-state index in [1.54, 1.807) is 10.7 Å². The van der Waals surface area contributed by atoms with E-state index < -0.39 is 5.82 Å². The molecule has 0 saturated heterocycles. The lowest BCUT2D eigenvalue weighted by Crippen LogP contribution is -2.02. The predicted molar refractivity (Wildman–Crippen MR) is 81.4 cm³/mol. The molecule has 21 heavy (non-hydrogen) atoms. The molecule has 0 radical (unpaired) electrons. The minimum Gasteiger partial charge on any atom is -0.399 e. The molecule has 5 nitrogen and oxygen atoms in total. The third-order valence-electron chi connectivity index (χ3n) is 2.98. The Kier molecular flexibility index (Phi) is 3.42. The van der Waals surface area contributed by atoms with Gasteiger partial charge in [0, 0.05) is 15.7 Å². The normalized spacial score (nSPS) is 10.8. The molecule has 0 aliphatic heterocycles. The number of aryl methyl sites for hydroxylation is 1. The van der Waals surface area contributed by atoms with E-state index in [2.05, 4.69) is 31.5 Å². The van der Waals surface area contributed by atoms with E-state index in [9.17, 15) is 4.39 Å². The molecule has 0 aliphatic carbocycles. The molecule has 3 aromatic rings. The van der Waals surface area contributed by atoms with Crippen LogP contribution < -0.4 is 5.73 Å². The predicted octanol–water partition coefficient (Wildman–Crippen LogP) is 3.12. The summed E-state index contributed by atoms with van der Waals surface area (Å²) in [5.41, 5.74) is 8.36. The minimum atomic E-state index is -0.428. The number of halogens is 2. The first-order valence-corrected chi connectivity index (χ1v) is 6.95. The van der Waals surface area contributed by atoms with Gasteiger partial charge in [0.2, 0.25) is 0 Å². The van der Waals surface area contributed by atoms with Crippen LogP contribution in [-0.2, 0) is 0 Å². The average molecular weight is 348 g/mol. The van der Waals surface area contributed by atoms with Crippen molar-refractivity contribution in [2.75, 3.05) is 5.73 Å². The molecule has 0 unspecified atom stereocenters. The van der Waals surface area contributed by atoms with Crippen molar-refractivity contribution in [1.82, 2.24) is 20.2 Å². The van der Waals surface area contributed by atoms with Crippen molar-refractivity contribution in [2.45, 2.75) is 6.92 Å². The molecule has 2 aromatic carbocycles. The van der Waals surface area contributed by atoms with Crippen LogP contribution in [0.4, 0.5) is 10.1 Å². The molecule has 0 saturated carbocycles. The number of anilines is 1. The number of aromatic nitrogens is 4. The molecule has 0 spiro atoms. The van der Waals surface area contributed by atoms with Crippen LogP contribution in [0.5, 0.6) is 0 Å². The molecule has 1 heterocycles. The van der Waals surface area contributed by atoms with E-state index in [0.29, 0.717) is 17.1 Å². The van der Waals surface area contributed by atoms with Gasteiger partial charge in [-0.15, -0.1) is 5.10 Å². The lowest BCUT2D eigenvalue weighted by atomic mass is 10.1. The van der Waals surface area contributed by atoms with Gasteiger partial charge in [-0.3, -0.25) is 0 Å². The van der Waals surface area contributed by atoms with Crippen molar-refractivity contribution in [3.63, 3.8) is 0 Å². The molecule has 0 amide bonds. The highest BCUT2D eigenvalue weighted by molar-refractivity contribution is 9.10. The second-order valence-corrected chi connectivity index (χ2v) is 5.50. The molecule has 1 aromatic heterocycles. The third-order valence-corrected chi connectivity index (χ3v) is 3.65. The number of nitrogens with zero attached hydrogens (tertiary/aromatic N) is 4. The molecule has 7 heteroatoms. The summed E-state index contributed by atoms with van der Waals surface area (Å²) in [6.45, 7) is 1.97. The van der Waals surface area contributed by atoms with E-state index in [0.717, 1.165) is 15.7 Å². The smallest absolute Gasteiger partial charge is 0.187 e.